The molecule has 110 valence electrons. The molecule has 0 bridgehead atoms. The van der Waals surface area contributed by atoms with Gasteiger partial charge < -0.3 is 4.74 Å². The number of rotatable bonds is 3. The number of morpholine rings is 1. The van der Waals surface area contributed by atoms with Gasteiger partial charge in [-0.15, -0.1) is 0 Å². The molecule has 9 heteroatoms. The van der Waals surface area contributed by atoms with Crippen LogP contribution >= 0.6 is 11.6 Å². The van der Waals surface area contributed by atoms with Gasteiger partial charge in [-0.3, -0.25) is 10.1 Å². The van der Waals surface area contributed by atoms with Crippen LogP contribution in [0.1, 0.15) is 6.92 Å². The van der Waals surface area contributed by atoms with Crippen LogP contribution in [-0.2, 0) is 14.8 Å². The van der Waals surface area contributed by atoms with Gasteiger partial charge in [-0.2, -0.15) is 4.31 Å². The van der Waals surface area contributed by atoms with E-state index in [9.17, 15) is 18.5 Å². The normalized spacial score (nSPS) is 20.8. The molecule has 1 saturated heterocycles. The van der Waals surface area contributed by atoms with Gasteiger partial charge in [0.2, 0.25) is 10.0 Å². The van der Waals surface area contributed by atoms with Gasteiger partial charge in [0.25, 0.3) is 5.69 Å². The van der Waals surface area contributed by atoms with E-state index in [1.807, 2.05) is 0 Å². The largest absolute Gasteiger partial charge is 0.378 e. The first-order valence-electron chi connectivity index (χ1n) is 5.87. The minimum Gasteiger partial charge on any atom is -0.378 e. The van der Waals surface area contributed by atoms with Gasteiger partial charge in [-0.25, -0.2) is 8.42 Å². The minimum atomic E-state index is -3.79. The molecule has 2 rings (SSSR count). The molecule has 0 aromatic heterocycles. The topological polar surface area (TPSA) is 89.8 Å². The fourth-order valence-electron chi connectivity index (χ4n) is 2.00. The highest BCUT2D eigenvalue weighted by atomic mass is 35.5. The number of hydrogen-bond donors (Lipinski definition) is 0. The van der Waals surface area contributed by atoms with Crippen molar-refractivity contribution in [3.63, 3.8) is 0 Å². The molecule has 0 aliphatic carbocycles. The summed E-state index contributed by atoms with van der Waals surface area (Å²) in [4.78, 5) is 9.99. The van der Waals surface area contributed by atoms with Crippen LogP contribution in [0, 0.1) is 10.1 Å². The standard InChI is InChI=1S/C11H13ClN2O5S/c1-8-7-19-5-4-13(8)20(17,18)9-2-3-10(12)11(6-9)14(15)16/h2-3,6,8H,4-5,7H2,1H3/t8-/m1/s1. The van der Waals surface area contributed by atoms with E-state index in [0.29, 0.717) is 13.2 Å². The predicted octanol–water partition coefficient (Wildman–Crippen LogP) is 1.66. The molecule has 0 spiro atoms. The Morgan fingerprint density at radius 1 is 1.50 bits per heavy atom. The molecule has 0 unspecified atom stereocenters. The maximum absolute atomic E-state index is 12.5. The average molecular weight is 321 g/mol. The Morgan fingerprint density at radius 3 is 2.80 bits per heavy atom. The van der Waals surface area contributed by atoms with Gasteiger partial charge in [-0.1, -0.05) is 11.6 Å². The minimum absolute atomic E-state index is 0.0935. The van der Waals surface area contributed by atoms with Gasteiger partial charge in [0.05, 0.1) is 23.0 Å². The summed E-state index contributed by atoms with van der Waals surface area (Å²) in [6.45, 7) is 2.55. The third-order valence-corrected chi connectivity index (χ3v) is 5.36. The summed E-state index contributed by atoms with van der Waals surface area (Å²) in [5.74, 6) is 0. The monoisotopic (exact) mass is 320 g/mol. The molecule has 7 nitrogen and oxygen atoms in total. The predicted molar refractivity (Wildman–Crippen MR) is 72.3 cm³/mol. The summed E-state index contributed by atoms with van der Waals surface area (Å²) in [5, 5.41) is 10.7. The van der Waals surface area contributed by atoms with E-state index < -0.39 is 20.6 Å². The molecule has 0 radical (unpaired) electrons. The second-order valence-electron chi connectivity index (χ2n) is 4.41. The van der Waals surface area contributed by atoms with Crippen molar-refractivity contribution in [3.8, 4) is 0 Å². The lowest BCUT2D eigenvalue weighted by Gasteiger charge is -2.32. The zero-order valence-corrected chi connectivity index (χ0v) is 12.2. The van der Waals surface area contributed by atoms with E-state index >= 15 is 0 Å². The molecule has 1 atom stereocenters. The van der Waals surface area contributed by atoms with Crippen molar-refractivity contribution in [2.75, 3.05) is 19.8 Å². The molecule has 1 aromatic carbocycles. The smallest absolute Gasteiger partial charge is 0.289 e. The van der Waals surface area contributed by atoms with Crippen molar-refractivity contribution in [2.24, 2.45) is 0 Å². The van der Waals surface area contributed by atoms with Gasteiger partial charge in [-0.05, 0) is 19.1 Å². The van der Waals surface area contributed by atoms with Gasteiger partial charge in [0.1, 0.15) is 5.02 Å². The number of nitro benzene ring substituents is 1. The van der Waals surface area contributed by atoms with E-state index in [1.165, 1.54) is 16.4 Å². The number of nitrogens with zero attached hydrogens (tertiary/aromatic N) is 2. The Hall–Kier alpha value is -1.22. The molecule has 1 aliphatic rings. The Morgan fingerprint density at radius 2 is 2.20 bits per heavy atom. The van der Waals surface area contributed by atoms with E-state index in [0.717, 1.165) is 6.07 Å². The molecule has 20 heavy (non-hydrogen) atoms. The maximum Gasteiger partial charge on any atom is 0.289 e. The summed E-state index contributed by atoms with van der Waals surface area (Å²) >= 11 is 5.69. The SMILES string of the molecule is C[C@@H]1COCCN1S(=O)(=O)c1ccc(Cl)c([N+](=O)[O-])c1. The fraction of sp³-hybridized carbons (Fsp3) is 0.455. The number of sulfonamides is 1. The van der Waals surface area contributed by atoms with Gasteiger partial charge >= 0.3 is 0 Å². The summed E-state index contributed by atoms with van der Waals surface area (Å²) in [6, 6.07) is 3.16. The van der Waals surface area contributed by atoms with Crippen LogP contribution in [0.3, 0.4) is 0 Å². The van der Waals surface area contributed by atoms with Crippen LogP contribution in [0.5, 0.6) is 0 Å². The lowest BCUT2D eigenvalue weighted by Crippen LogP contribution is -2.46. The second-order valence-corrected chi connectivity index (χ2v) is 6.71. The zero-order chi connectivity index (χ0) is 14.9. The van der Waals surface area contributed by atoms with E-state index in [4.69, 9.17) is 16.3 Å². The zero-order valence-electron chi connectivity index (χ0n) is 10.7. The summed E-state index contributed by atoms with van der Waals surface area (Å²) in [7, 11) is -3.79. The van der Waals surface area contributed by atoms with Crippen molar-refractivity contribution in [1.29, 1.82) is 0 Å². The highest BCUT2D eigenvalue weighted by molar-refractivity contribution is 7.89. The Kier molecular flexibility index (Phi) is 4.28. The van der Waals surface area contributed by atoms with E-state index in [2.05, 4.69) is 0 Å². The number of benzene rings is 1. The molecular weight excluding hydrogens is 308 g/mol. The Balaban J connectivity index is 2.44. The summed E-state index contributed by atoms with van der Waals surface area (Å²) in [5.41, 5.74) is -0.423. The van der Waals surface area contributed by atoms with E-state index in [-0.39, 0.29) is 22.5 Å². The molecule has 1 fully saturated rings. The highest BCUT2D eigenvalue weighted by Gasteiger charge is 2.32. The first kappa shape index (κ1) is 15.2. The van der Waals surface area contributed by atoms with Gasteiger partial charge in [0.15, 0.2) is 0 Å². The van der Waals surface area contributed by atoms with Crippen LogP contribution in [0.25, 0.3) is 0 Å². The molecule has 0 amide bonds. The molecule has 0 N–H and O–H groups in total. The third kappa shape index (κ3) is 2.78. The van der Waals surface area contributed by atoms with Crippen LogP contribution in [-0.4, -0.2) is 43.4 Å². The summed E-state index contributed by atoms with van der Waals surface area (Å²) < 4.78 is 31.4. The third-order valence-electron chi connectivity index (χ3n) is 3.03. The lowest BCUT2D eigenvalue weighted by molar-refractivity contribution is -0.384. The molecular formula is C11H13ClN2O5S. The van der Waals surface area contributed by atoms with Gasteiger partial charge in [0, 0.05) is 18.7 Å². The molecule has 1 heterocycles. The molecule has 0 saturated carbocycles. The highest BCUT2D eigenvalue weighted by Crippen LogP contribution is 2.29. The first-order valence-corrected chi connectivity index (χ1v) is 7.69. The number of ether oxygens (including phenoxy) is 1. The Labute approximate surface area is 121 Å². The molecule has 1 aromatic rings. The number of nitro groups is 1. The van der Waals surface area contributed by atoms with Crippen LogP contribution in [0.15, 0.2) is 23.1 Å². The lowest BCUT2D eigenvalue weighted by atomic mass is 10.3. The van der Waals surface area contributed by atoms with Crippen LogP contribution in [0.4, 0.5) is 5.69 Å². The van der Waals surface area contributed by atoms with Crippen molar-refractivity contribution in [3.05, 3.63) is 33.3 Å². The molecule has 1 aliphatic heterocycles. The van der Waals surface area contributed by atoms with Crippen molar-refractivity contribution in [2.45, 2.75) is 17.9 Å². The second kappa shape index (κ2) is 5.65. The summed E-state index contributed by atoms with van der Waals surface area (Å²) in [6.07, 6.45) is 0. The van der Waals surface area contributed by atoms with Crippen molar-refractivity contribution in [1.82, 2.24) is 4.31 Å². The maximum atomic E-state index is 12.5. The number of hydrogen-bond acceptors (Lipinski definition) is 5. The fourth-order valence-corrected chi connectivity index (χ4v) is 3.80. The van der Waals surface area contributed by atoms with Crippen molar-refractivity contribution >= 4 is 27.3 Å². The van der Waals surface area contributed by atoms with Crippen LogP contribution in [0.2, 0.25) is 5.02 Å². The first-order chi connectivity index (χ1) is 9.34. The Bertz CT molecular complexity index is 634. The quantitative estimate of drug-likeness (QED) is 0.624. The van der Waals surface area contributed by atoms with Crippen molar-refractivity contribution < 1.29 is 18.1 Å². The average Bonchev–Trinajstić information content (AvgIpc) is 2.38. The van der Waals surface area contributed by atoms with E-state index in [1.54, 1.807) is 6.92 Å². The van der Waals surface area contributed by atoms with Crippen LogP contribution < -0.4 is 0 Å². The number of halogens is 1.